The van der Waals surface area contributed by atoms with Crippen molar-refractivity contribution in [1.29, 1.82) is 0 Å². The van der Waals surface area contributed by atoms with Gasteiger partial charge in [-0.05, 0) is 43.5 Å². The third-order valence-corrected chi connectivity index (χ3v) is 3.34. The lowest BCUT2D eigenvalue weighted by Gasteiger charge is -2.26. The normalized spacial score (nSPS) is 11.3. The maximum Gasteiger partial charge on any atom is 0.0350 e. The van der Waals surface area contributed by atoms with E-state index in [0.717, 1.165) is 6.42 Å². The summed E-state index contributed by atoms with van der Waals surface area (Å²) in [7, 11) is 0. The van der Waals surface area contributed by atoms with Crippen LogP contribution in [-0.2, 0) is 0 Å². The van der Waals surface area contributed by atoms with Crippen LogP contribution >= 0.6 is 0 Å². The summed E-state index contributed by atoms with van der Waals surface area (Å²) < 4.78 is 0. The lowest BCUT2D eigenvalue weighted by molar-refractivity contribution is 0.547. The van der Waals surface area contributed by atoms with E-state index in [1.807, 2.05) is 6.07 Å². The summed E-state index contributed by atoms with van der Waals surface area (Å²) in [6.45, 7) is 6.65. The number of anilines is 1. The molecule has 0 aliphatic heterocycles. The van der Waals surface area contributed by atoms with Gasteiger partial charge in [-0.3, -0.25) is 0 Å². The highest BCUT2D eigenvalue weighted by Gasteiger charge is 2.14. The molecule has 0 amide bonds. The van der Waals surface area contributed by atoms with Crippen LogP contribution in [0.1, 0.15) is 27.2 Å². The predicted molar refractivity (Wildman–Crippen MR) is 79.9 cm³/mol. The molecule has 0 saturated heterocycles. The van der Waals surface area contributed by atoms with E-state index in [9.17, 15) is 0 Å². The minimum absolute atomic E-state index is 0.134. The summed E-state index contributed by atoms with van der Waals surface area (Å²) in [4.78, 5) is 0. The van der Waals surface area contributed by atoms with E-state index in [1.165, 1.54) is 16.8 Å². The Bertz CT molecular complexity index is 500. The van der Waals surface area contributed by atoms with Gasteiger partial charge < -0.3 is 5.32 Å². The minimum Gasteiger partial charge on any atom is -0.380 e. The average molecular weight is 239 g/mol. The Balaban J connectivity index is 2.26. The topological polar surface area (TPSA) is 12.0 Å². The smallest absolute Gasteiger partial charge is 0.0350 e. The molecule has 1 nitrogen and oxygen atoms in total. The molecule has 0 fully saturated rings. The second-order valence-corrected chi connectivity index (χ2v) is 5.31. The molecule has 0 bridgehead atoms. The quantitative estimate of drug-likeness (QED) is 0.795. The highest BCUT2D eigenvalue weighted by molar-refractivity contribution is 5.68. The molecule has 0 atom stereocenters. The molecule has 0 aliphatic rings. The number of hydrogen-bond donors (Lipinski definition) is 1. The van der Waals surface area contributed by atoms with Crippen molar-refractivity contribution in [2.45, 2.75) is 32.7 Å². The van der Waals surface area contributed by atoms with Crippen LogP contribution in [0.5, 0.6) is 0 Å². The van der Waals surface area contributed by atoms with E-state index in [0.29, 0.717) is 0 Å². The van der Waals surface area contributed by atoms with Gasteiger partial charge in [0.1, 0.15) is 0 Å². The fourth-order valence-electron chi connectivity index (χ4n) is 1.89. The maximum absolute atomic E-state index is 3.58. The zero-order valence-electron chi connectivity index (χ0n) is 11.4. The summed E-state index contributed by atoms with van der Waals surface area (Å²) in [5, 5.41) is 3.58. The summed E-state index contributed by atoms with van der Waals surface area (Å²) in [6, 6.07) is 19.1. The van der Waals surface area contributed by atoms with E-state index < -0.39 is 0 Å². The Hall–Kier alpha value is -1.76. The monoisotopic (exact) mass is 239 g/mol. The Morgan fingerprint density at radius 3 is 2.22 bits per heavy atom. The molecule has 0 heterocycles. The average Bonchev–Trinajstić information content (AvgIpc) is 2.40. The molecule has 1 heteroatoms. The van der Waals surface area contributed by atoms with Crippen LogP contribution in [-0.4, -0.2) is 5.54 Å². The van der Waals surface area contributed by atoms with E-state index in [1.54, 1.807) is 0 Å². The molecule has 0 radical (unpaired) electrons. The molecule has 2 aromatic carbocycles. The Morgan fingerprint density at radius 1 is 0.889 bits per heavy atom. The van der Waals surface area contributed by atoms with E-state index in [2.05, 4.69) is 74.6 Å². The molecular formula is C17H21N. The van der Waals surface area contributed by atoms with Crippen LogP contribution in [0.3, 0.4) is 0 Å². The van der Waals surface area contributed by atoms with Crippen LogP contribution in [0.15, 0.2) is 54.6 Å². The molecular weight excluding hydrogens is 218 g/mol. The van der Waals surface area contributed by atoms with Gasteiger partial charge in [-0.1, -0.05) is 49.4 Å². The first-order valence-electron chi connectivity index (χ1n) is 6.54. The van der Waals surface area contributed by atoms with Crippen LogP contribution in [0.2, 0.25) is 0 Å². The van der Waals surface area contributed by atoms with Crippen molar-refractivity contribution >= 4 is 5.69 Å². The van der Waals surface area contributed by atoms with Crippen molar-refractivity contribution in [3.63, 3.8) is 0 Å². The number of benzene rings is 2. The fourth-order valence-corrected chi connectivity index (χ4v) is 1.89. The van der Waals surface area contributed by atoms with Gasteiger partial charge in [0, 0.05) is 11.2 Å². The molecule has 0 spiro atoms. The first-order valence-corrected chi connectivity index (χ1v) is 6.54. The molecule has 0 aliphatic carbocycles. The summed E-state index contributed by atoms with van der Waals surface area (Å²) in [6.07, 6.45) is 1.10. The van der Waals surface area contributed by atoms with Gasteiger partial charge in [-0.15, -0.1) is 0 Å². The Kier molecular flexibility index (Phi) is 3.71. The maximum atomic E-state index is 3.58. The molecule has 1 N–H and O–H groups in total. The van der Waals surface area contributed by atoms with E-state index in [-0.39, 0.29) is 5.54 Å². The van der Waals surface area contributed by atoms with Gasteiger partial charge in [0.05, 0.1) is 0 Å². The summed E-state index contributed by atoms with van der Waals surface area (Å²) in [5.74, 6) is 0. The molecule has 18 heavy (non-hydrogen) atoms. The minimum atomic E-state index is 0.134. The highest BCUT2D eigenvalue weighted by atomic mass is 15.0. The zero-order valence-corrected chi connectivity index (χ0v) is 11.4. The van der Waals surface area contributed by atoms with Crippen molar-refractivity contribution < 1.29 is 0 Å². The summed E-state index contributed by atoms with van der Waals surface area (Å²) in [5.41, 5.74) is 3.83. The summed E-state index contributed by atoms with van der Waals surface area (Å²) >= 11 is 0. The van der Waals surface area contributed by atoms with Crippen molar-refractivity contribution in [3.05, 3.63) is 54.6 Å². The molecule has 0 unspecified atom stereocenters. The predicted octanol–water partition coefficient (Wildman–Crippen LogP) is 4.95. The first-order chi connectivity index (χ1) is 8.61. The zero-order chi connectivity index (χ0) is 13.0. The fraction of sp³-hybridized carbons (Fsp3) is 0.294. The third-order valence-electron chi connectivity index (χ3n) is 3.34. The number of nitrogens with one attached hydrogen (secondary N) is 1. The molecule has 0 saturated carbocycles. The van der Waals surface area contributed by atoms with Crippen molar-refractivity contribution in [2.75, 3.05) is 5.32 Å². The van der Waals surface area contributed by atoms with E-state index >= 15 is 0 Å². The Morgan fingerprint density at radius 2 is 1.56 bits per heavy atom. The molecule has 94 valence electrons. The highest BCUT2D eigenvalue weighted by Crippen LogP contribution is 2.24. The van der Waals surface area contributed by atoms with Crippen molar-refractivity contribution in [2.24, 2.45) is 0 Å². The SMILES string of the molecule is CCC(C)(C)Nc1cccc(-c2ccccc2)c1. The second-order valence-electron chi connectivity index (χ2n) is 5.31. The van der Waals surface area contributed by atoms with Crippen molar-refractivity contribution in [3.8, 4) is 11.1 Å². The van der Waals surface area contributed by atoms with Crippen LogP contribution in [0.25, 0.3) is 11.1 Å². The second kappa shape index (κ2) is 5.26. The van der Waals surface area contributed by atoms with Gasteiger partial charge in [0.15, 0.2) is 0 Å². The third kappa shape index (κ3) is 3.13. The number of rotatable bonds is 4. The van der Waals surface area contributed by atoms with Crippen molar-refractivity contribution in [1.82, 2.24) is 0 Å². The van der Waals surface area contributed by atoms with Crippen LogP contribution < -0.4 is 5.32 Å². The standard InChI is InChI=1S/C17H21N/c1-4-17(2,3)18-16-12-8-11-15(13-16)14-9-6-5-7-10-14/h5-13,18H,4H2,1-3H3. The lowest BCUT2D eigenvalue weighted by atomic mass is 10.0. The van der Waals surface area contributed by atoms with Crippen LogP contribution in [0, 0.1) is 0 Å². The van der Waals surface area contributed by atoms with Gasteiger partial charge >= 0.3 is 0 Å². The van der Waals surface area contributed by atoms with Gasteiger partial charge in [-0.25, -0.2) is 0 Å². The first kappa shape index (κ1) is 12.7. The Labute approximate surface area is 110 Å². The van der Waals surface area contributed by atoms with Gasteiger partial charge in [0.25, 0.3) is 0 Å². The lowest BCUT2D eigenvalue weighted by Crippen LogP contribution is -2.29. The van der Waals surface area contributed by atoms with Crippen LogP contribution in [0.4, 0.5) is 5.69 Å². The van der Waals surface area contributed by atoms with Gasteiger partial charge in [-0.2, -0.15) is 0 Å². The molecule has 0 aromatic heterocycles. The molecule has 2 rings (SSSR count). The number of hydrogen-bond acceptors (Lipinski definition) is 1. The molecule has 2 aromatic rings. The van der Waals surface area contributed by atoms with E-state index in [4.69, 9.17) is 0 Å². The largest absolute Gasteiger partial charge is 0.380 e. The van der Waals surface area contributed by atoms with Gasteiger partial charge in [0.2, 0.25) is 0 Å².